The van der Waals surface area contributed by atoms with Crippen LogP contribution in [0.25, 0.3) is 0 Å². The lowest BCUT2D eigenvalue weighted by atomic mass is 9.97. The Balaban J connectivity index is 2.28. The van der Waals surface area contributed by atoms with Crippen LogP contribution in [0.5, 0.6) is 0 Å². The van der Waals surface area contributed by atoms with E-state index in [0.29, 0.717) is 10.9 Å². The summed E-state index contributed by atoms with van der Waals surface area (Å²) in [6.07, 6.45) is 0.673. The Morgan fingerprint density at radius 2 is 2.20 bits per heavy atom. The van der Waals surface area contributed by atoms with Gasteiger partial charge in [0.1, 0.15) is 10.7 Å². The Labute approximate surface area is 131 Å². The van der Waals surface area contributed by atoms with Gasteiger partial charge in [0.05, 0.1) is 5.02 Å². The summed E-state index contributed by atoms with van der Waals surface area (Å²) in [5.41, 5.74) is 0. The van der Waals surface area contributed by atoms with Crippen molar-refractivity contribution in [2.24, 2.45) is 5.92 Å². The van der Waals surface area contributed by atoms with Gasteiger partial charge in [-0.2, -0.15) is 0 Å². The fourth-order valence-electron chi connectivity index (χ4n) is 2.16. The zero-order valence-corrected chi connectivity index (χ0v) is 13.9. The number of piperidine rings is 1. The molecule has 1 heterocycles. The van der Waals surface area contributed by atoms with Gasteiger partial charge in [-0.3, -0.25) is 0 Å². The second kappa shape index (κ2) is 6.27. The minimum Gasteiger partial charge on any atom is -0.316 e. The van der Waals surface area contributed by atoms with Gasteiger partial charge in [-0.1, -0.05) is 18.5 Å². The molecule has 0 aromatic heterocycles. The molecule has 2 atom stereocenters. The first-order chi connectivity index (χ1) is 9.31. The molecule has 0 bridgehead atoms. The predicted octanol–water partition coefficient (Wildman–Crippen LogP) is 2.52. The SMILES string of the molecule is CC1CNCCC1NS(=O)(=O)c1cc(Cl)c(Br)cc1F. The zero-order valence-electron chi connectivity index (χ0n) is 10.8. The molecule has 0 spiro atoms. The van der Waals surface area contributed by atoms with Crippen molar-refractivity contribution in [1.82, 2.24) is 10.0 Å². The van der Waals surface area contributed by atoms with E-state index < -0.39 is 20.7 Å². The third-order valence-corrected chi connectivity index (χ3v) is 6.06. The van der Waals surface area contributed by atoms with Crippen molar-refractivity contribution in [2.75, 3.05) is 13.1 Å². The summed E-state index contributed by atoms with van der Waals surface area (Å²) in [4.78, 5) is -0.420. The van der Waals surface area contributed by atoms with Crippen molar-refractivity contribution >= 4 is 37.6 Å². The van der Waals surface area contributed by atoms with Crippen LogP contribution < -0.4 is 10.0 Å². The van der Waals surface area contributed by atoms with E-state index >= 15 is 0 Å². The lowest BCUT2D eigenvalue weighted by Gasteiger charge is -2.30. The molecule has 1 fully saturated rings. The van der Waals surface area contributed by atoms with Crippen LogP contribution in [0, 0.1) is 11.7 Å². The molecule has 0 amide bonds. The van der Waals surface area contributed by atoms with Gasteiger partial charge >= 0.3 is 0 Å². The molecule has 4 nitrogen and oxygen atoms in total. The van der Waals surface area contributed by atoms with E-state index in [1.807, 2.05) is 6.92 Å². The maximum atomic E-state index is 13.9. The van der Waals surface area contributed by atoms with Gasteiger partial charge in [0, 0.05) is 10.5 Å². The predicted molar refractivity (Wildman–Crippen MR) is 79.9 cm³/mol. The van der Waals surface area contributed by atoms with Crippen LogP contribution in [0.3, 0.4) is 0 Å². The van der Waals surface area contributed by atoms with Crippen LogP contribution in [0.15, 0.2) is 21.5 Å². The number of rotatable bonds is 3. The molecule has 1 aromatic rings. The standard InChI is InChI=1S/C12H15BrClFN2O2S/c1-7-6-16-3-2-11(7)17-20(18,19)12-5-9(14)8(13)4-10(12)15/h4-5,7,11,16-17H,2-3,6H2,1H3. The second-order valence-electron chi connectivity index (χ2n) is 4.89. The fourth-order valence-corrected chi connectivity index (χ4v) is 4.17. The van der Waals surface area contributed by atoms with E-state index in [-0.39, 0.29) is 17.0 Å². The Morgan fingerprint density at radius 3 is 2.85 bits per heavy atom. The average Bonchev–Trinajstić information content (AvgIpc) is 2.36. The summed E-state index contributed by atoms with van der Waals surface area (Å²) in [7, 11) is -3.92. The lowest BCUT2D eigenvalue weighted by Crippen LogP contribution is -2.48. The molecule has 2 rings (SSSR count). The number of hydrogen-bond donors (Lipinski definition) is 2. The number of nitrogens with one attached hydrogen (secondary N) is 2. The summed E-state index contributed by atoms with van der Waals surface area (Å²) in [5.74, 6) is -0.678. The van der Waals surface area contributed by atoms with Crippen molar-refractivity contribution in [2.45, 2.75) is 24.3 Å². The van der Waals surface area contributed by atoms with Crippen LogP contribution in [-0.4, -0.2) is 27.5 Å². The van der Waals surface area contributed by atoms with Crippen molar-refractivity contribution in [3.8, 4) is 0 Å². The largest absolute Gasteiger partial charge is 0.316 e. The summed E-state index contributed by atoms with van der Waals surface area (Å²) in [6, 6.07) is 1.97. The summed E-state index contributed by atoms with van der Waals surface area (Å²) in [6.45, 7) is 3.42. The topological polar surface area (TPSA) is 58.2 Å². The van der Waals surface area contributed by atoms with E-state index in [4.69, 9.17) is 11.6 Å². The maximum Gasteiger partial charge on any atom is 0.243 e. The van der Waals surface area contributed by atoms with Gasteiger partial charge in [0.25, 0.3) is 0 Å². The van der Waals surface area contributed by atoms with Gasteiger partial charge in [-0.25, -0.2) is 17.5 Å². The molecular weight excluding hydrogens is 371 g/mol. The number of sulfonamides is 1. The van der Waals surface area contributed by atoms with Crippen LogP contribution in [0.1, 0.15) is 13.3 Å². The lowest BCUT2D eigenvalue weighted by molar-refractivity contribution is 0.327. The average molecular weight is 386 g/mol. The van der Waals surface area contributed by atoms with E-state index in [2.05, 4.69) is 26.0 Å². The van der Waals surface area contributed by atoms with E-state index in [1.165, 1.54) is 0 Å². The first kappa shape index (κ1) is 16.2. The van der Waals surface area contributed by atoms with Gasteiger partial charge < -0.3 is 5.32 Å². The summed E-state index contributed by atoms with van der Waals surface area (Å²) >= 11 is 8.91. The van der Waals surface area contributed by atoms with E-state index in [0.717, 1.165) is 25.2 Å². The minimum atomic E-state index is -3.92. The number of hydrogen-bond acceptors (Lipinski definition) is 3. The Morgan fingerprint density at radius 1 is 1.50 bits per heavy atom. The summed E-state index contributed by atoms with van der Waals surface area (Å²) < 4.78 is 41.3. The van der Waals surface area contributed by atoms with Gasteiger partial charge in [0.2, 0.25) is 10.0 Å². The highest BCUT2D eigenvalue weighted by Crippen LogP contribution is 2.28. The van der Waals surface area contributed by atoms with Crippen LogP contribution in [0.2, 0.25) is 5.02 Å². The van der Waals surface area contributed by atoms with Crippen molar-refractivity contribution in [3.05, 3.63) is 27.4 Å². The molecule has 112 valence electrons. The Kier molecular flexibility index (Phi) is 5.07. The van der Waals surface area contributed by atoms with Gasteiger partial charge in [-0.05, 0) is 53.5 Å². The number of benzene rings is 1. The highest BCUT2D eigenvalue weighted by Gasteiger charge is 2.28. The van der Waals surface area contributed by atoms with Crippen LogP contribution >= 0.6 is 27.5 Å². The highest BCUT2D eigenvalue weighted by atomic mass is 79.9. The normalized spacial score (nSPS) is 23.8. The molecule has 0 aliphatic carbocycles. The molecule has 0 radical (unpaired) electrons. The Hall–Kier alpha value is -0.210. The molecule has 2 N–H and O–H groups in total. The molecule has 2 unspecified atom stereocenters. The number of halogens is 3. The quantitative estimate of drug-likeness (QED) is 0.786. The molecule has 8 heteroatoms. The third-order valence-electron chi connectivity index (χ3n) is 3.36. The molecule has 1 aromatic carbocycles. The minimum absolute atomic E-state index is 0.146. The van der Waals surface area contributed by atoms with Crippen molar-refractivity contribution in [1.29, 1.82) is 0 Å². The maximum absolute atomic E-state index is 13.9. The molecule has 1 aliphatic rings. The van der Waals surface area contributed by atoms with E-state index in [9.17, 15) is 12.8 Å². The molecule has 1 saturated heterocycles. The Bertz CT molecular complexity index is 612. The van der Waals surface area contributed by atoms with Crippen LogP contribution in [-0.2, 0) is 10.0 Å². The second-order valence-corrected chi connectivity index (χ2v) is 7.84. The van der Waals surface area contributed by atoms with Gasteiger partial charge in [0.15, 0.2) is 0 Å². The first-order valence-corrected chi connectivity index (χ1v) is 8.84. The molecule has 0 saturated carbocycles. The summed E-state index contributed by atoms with van der Waals surface area (Å²) in [5, 5.41) is 3.34. The van der Waals surface area contributed by atoms with Crippen molar-refractivity contribution < 1.29 is 12.8 Å². The zero-order chi connectivity index (χ0) is 14.9. The van der Waals surface area contributed by atoms with Crippen LogP contribution in [0.4, 0.5) is 4.39 Å². The highest BCUT2D eigenvalue weighted by molar-refractivity contribution is 9.10. The van der Waals surface area contributed by atoms with Crippen molar-refractivity contribution in [3.63, 3.8) is 0 Å². The fraction of sp³-hybridized carbons (Fsp3) is 0.500. The van der Waals surface area contributed by atoms with E-state index in [1.54, 1.807) is 0 Å². The third kappa shape index (κ3) is 3.51. The first-order valence-electron chi connectivity index (χ1n) is 6.19. The van der Waals surface area contributed by atoms with Gasteiger partial charge in [-0.15, -0.1) is 0 Å². The smallest absolute Gasteiger partial charge is 0.243 e. The molecular formula is C12H15BrClFN2O2S. The monoisotopic (exact) mass is 384 g/mol. The molecule has 20 heavy (non-hydrogen) atoms. The molecule has 1 aliphatic heterocycles.